The van der Waals surface area contributed by atoms with Gasteiger partial charge in [-0.25, -0.2) is 8.42 Å². The van der Waals surface area contributed by atoms with Gasteiger partial charge in [-0.15, -0.1) is 0 Å². The number of nitrogens with zero attached hydrogens (tertiary/aromatic N) is 2. The molecule has 2 heterocycles. The molecule has 0 aliphatic carbocycles. The summed E-state index contributed by atoms with van der Waals surface area (Å²) in [5, 5.41) is 0. The normalized spacial score (nSPS) is 16.8. The van der Waals surface area contributed by atoms with Crippen LogP contribution in [0.2, 0.25) is 0 Å². The van der Waals surface area contributed by atoms with Gasteiger partial charge in [0.15, 0.2) is 0 Å². The lowest BCUT2D eigenvalue weighted by Gasteiger charge is -2.34. The van der Waals surface area contributed by atoms with Crippen LogP contribution in [0, 0.1) is 6.92 Å². The maximum absolute atomic E-state index is 13.2. The molecule has 0 saturated heterocycles. The van der Waals surface area contributed by atoms with Crippen molar-refractivity contribution in [3.63, 3.8) is 0 Å². The van der Waals surface area contributed by atoms with Gasteiger partial charge < -0.3 is 4.90 Å². The number of sulfone groups is 1. The van der Waals surface area contributed by atoms with Crippen LogP contribution < -0.4 is 4.90 Å². The van der Waals surface area contributed by atoms with Gasteiger partial charge in [-0.2, -0.15) is 0 Å². The Morgan fingerprint density at radius 2 is 1.79 bits per heavy atom. The van der Waals surface area contributed by atoms with E-state index in [4.69, 9.17) is 0 Å². The third-order valence-electron chi connectivity index (χ3n) is 4.41. The van der Waals surface area contributed by atoms with Crippen molar-refractivity contribution >= 4 is 27.4 Å². The maximum atomic E-state index is 13.2. The van der Waals surface area contributed by atoms with Crippen molar-refractivity contribution in [2.24, 2.45) is 4.99 Å². The fourth-order valence-electron chi connectivity index (χ4n) is 3.15. The molecule has 24 heavy (non-hydrogen) atoms. The van der Waals surface area contributed by atoms with E-state index < -0.39 is 9.84 Å². The van der Waals surface area contributed by atoms with Crippen molar-refractivity contribution in [2.75, 3.05) is 18.0 Å². The van der Waals surface area contributed by atoms with Crippen LogP contribution in [-0.2, 0) is 9.84 Å². The third kappa shape index (κ3) is 2.36. The van der Waals surface area contributed by atoms with Crippen LogP contribution >= 0.6 is 0 Å². The van der Waals surface area contributed by atoms with E-state index in [2.05, 4.69) is 4.99 Å². The molecule has 0 spiro atoms. The first-order chi connectivity index (χ1) is 11.6. The minimum atomic E-state index is -3.60. The van der Waals surface area contributed by atoms with Gasteiger partial charge in [-0.1, -0.05) is 35.9 Å². The number of aryl methyl sites for hydroxylation is 1. The maximum Gasteiger partial charge on any atom is 0.210 e. The number of amidine groups is 1. The highest BCUT2D eigenvalue weighted by atomic mass is 32.2. The zero-order chi connectivity index (χ0) is 16.7. The highest BCUT2D eigenvalue weighted by Crippen LogP contribution is 2.35. The number of anilines is 1. The van der Waals surface area contributed by atoms with E-state index in [-0.39, 0.29) is 0 Å². The molecule has 2 aromatic rings. The van der Waals surface area contributed by atoms with Crippen molar-refractivity contribution in [3.8, 4) is 0 Å². The van der Waals surface area contributed by atoms with E-state index in [1.54, 1.807) is 18.2 Å². The molecule has 2 aliphatic rings. The van der Waals surface area contributed by atoms with Gasteiger partial charge in [0.1, 0.15) is 10.7 Å². The molecule has 4 nitrogen and oxygen atoms in total. The van der Waals surface area contributed by atoms with Gasteiger partial charge >= 0.3 is 0 Å². The average molecular weight is 338 g/mol. The SMILES string of the molecule is Cc1ccc(S(=O)(=O)C2=Cc3ccccc3N3CCCN=C23)cc1. The van der Waals surface area contributed by atoms with Crippen LogP contribution in [-0.4, -0.2) is 27.3 Å². The van der Waals surface area contributed by atoms with Gasteiger partial charge in [0.2, 0.25) is 9.84 Å². The number of hydrogen-bond donors (Lipinski definition) is 0. The van der Waals surface area contributed by atoms with Crippen molar-refractivity contribution in [2.45, 2.75) is 18.2 Å². The van der Waals surface area contributed by atoms with Crippen LogP contribution in [0.5, 0.6) is 0 Å². The summed E-state index contributed by atoms with van der Waals surface area (Å²) in [5.41, 5.74) is 2.98. The van der Waals surface area contributed by atoms with Crippen LogP contribution in [0.1, 0.15) is 17.5 Å². The predicted molar refractivity (Wildman–Crippen MR) is 97.0 cm³/mol. The standard InChI is InChI=1S/C19H18N2O2S/c1-14-7-9-16(10-8-14)24(22,23)18-13-15-5-2-3-6-17(15)21-12-4-11-20-19(18)21/h2-3,5-10,13H,4,11-12H2,1H3. The minimum absolute atomic E-state index is 0.296. The number of hydrogen-bond acceptors (Lipinski definition) is 4. The smallest absolute Gasteiger partial charge is 0.210 e. The second-order valence-electron chi connectivity index (χ2n) is 6.09. The molecule has 5 heteroatoms. The van der Waals surface area contributed by atoms with E-state index in [9.17, 15) is 8.42 Å². The average Bonchev–Trinajstić information content (AvgIpc) is 2.61. The summed E-state index contributed by atoms with van der Waals surface area (Å²) >= 11 is 0. The molecule has 0 aromatic heterocycles. The van der Waals surface area contributed by atoms with Crippen LogP contribution in [0.25, 0.3) is 6.08 Å². The Labute approximate surface area is 142 Å². The lowest BCUT2D eigenvalue weighted by molar-refractivity contribution is 0.603. The molecule has 0 saturated carbocycles. The highest BCUT2D eigenvalue weighted by molar-refractivity contribution is 7.96. The van der Waals surface area contributed by atoms with Crippen LogP contribution in [0.4, 0.5) is 5.69 Å². The number of benzene rings is 2. The van der Waals surface area contributed by atoms with E-state index in [1.807, 2.05) is 48.2 Å². The molecule has 0 radical (unpaired) electrons. The van der Waals surface area contributed by atoms with E-state index >= 15 is 0 Å². The molecule has 0 unspecified atom stereocenters. The Morgan fingerprint density at radius 3 is 2.58 bits per heavy atom. The number of fused-ring (bicyclic) bond motifs is 3. The molecule has 2 aliphatic heterocycles. The summed E-state index contributed by atoms with van der Waals surface area (Å²) in [6.07, 6.45) is 2.68. The van der Waals surface area contributed by atoms with Gasteiger partial charge in [0.25, 0.3) is 0 Å². The summed E-state index contributed by atoms with van der Waals surface area (Å²) in [6, 6.07) is 14.8. The lowest BCUT2D eigenvalue weighted by Crippen LogP contribution is -2.40. The minimum Gasteiger partial charge on any atom is -0.325 e. The molecule has 4 rings (SSSR count). The van der Waals surface area contributed by atoms with Crippen LogP contribution in [0.3, 0.4) is 0 Å². The van der Waals surface area contributed by atoms with Gasteiger partial charge in [-0.05, 0) is 43.2 Å². The Hall–Kier alpha value is -2.40. The van der Waals surface area contributed by atoms with E-state index in [0.717, 1.165) is 29.8 Å². The monoisotopic (exact) mass is 338 g/mol. The molecular formula is C19H18N2O2S. The summed E-state index contributed by atoms with van der Waals surface area (Å²) in [6.45, 7) is 3.39. The number of aliphatic imine (C=N–C) groups is 1. The Balaban J connectivity index is 1.91. The first kappa shape index (κ1) is 15.1. The largest absolute Gasteiger partial charge is 0.325 e. The summed E-state index contributed by atoms with van der Waals surface area (Å²) in [5.74, 6) is 0.570. The summed E-state index contributed by atoms with van der Waals surface area (Å²) in [7, 11) is -3.60. The molecule has 122 valence electrons. The molecule has 0 atom stereocenters. The first-order valence-corrected chi connectivity index (χ1v) is 9.50. The van der Waals surface area contributed by atoms with Crippen molar-refractivity contribution in [1.82, 2.24) is 0 Å². The fraction of sp³-hybridized carbons (Fsp3) is 0.211. The van der Waals surface area contributed by atoms with Crippen molar-refractivity contribution < 1.29 is 8.42 Å². The Kier molecular flexibility index (Phi) is 3.53. The molecular weight excluding hydrogens is 320 g/mol. The molecule has 0 bridgehead atoms. The fourth-order valence-corrected chi connectivity index (χ4v) is 4.60. The van der Waals surface area contributed by atoms with Gasteiger partial charge in [0, 0.05) is 18.8 Å². The zero-order valence-corrected chi connectivity index (χ0v) is 14.3. The van der Waals surface area contributed by atoms with Crippen LogP contribution in [0.15, 0.2) is 63.3 Å². The molecule has 0 fully saturated rings. The Bertz CT molecular complexity index is 957. The first-order valence-electron chi connectivity index (χ1n) is 8.02. The highest BCUT2D eigenvalue weighted by Gasteiger charge is 2.34. The quantitative estimate of drug-likeness (QED) is 0.843. The topological polar surface area (TPSA) is 49.7 Å². The van der Waals surface area contributed by atoms with Crippen molar-refractivity contribution in [3.05, 3.63) is 64.6 Å². The third-order valence-corrected chi connectivity index (χ3v) is 6.18. The molecule has 0 amide bonds. The van der Waals surface area contributed by atoms with Gasteiger partial charge in [-0.3, -0.25) is 4.99 Å². The Morgan fingerprint density at radius 1 is 1.04 bits per heavy atom. The summed E-state index contributed by atoms with van der Waals surface area (Å²) < 4.78 is 26.4. The lowest BCUT2D eigenvalue weighted by atomic mass is 10.1. The molecule has 2 aromatic carbocycles. The zero-order valence-electron chi connectivity index (χ0n) is 13.4. The summed E-state index contributed by atoms with van der Waals surface area (Å²) in [4.78, 5) is 7.17. The second-order valence-corrected chi connectivity index (χ2v) is 8.01. The second kappa shape index (κ2) is 5.60. The van der Waals surface area contributed by atoms with Gasteiger partial charge in [0.05, 0.1) is 4.90 Å². The van der Waals surface area contributed by atoms with E-state index in [1.165, 1.54) is 0 Å². The number of para-hydroxylation sites is 1. The van der Waals surface area contributed by atoms with Crippen molar-refractivity contribution in [1.29, 1.82) is 0 Å². The predicted octanol–water partition coefficient (Wildman–Crippen LogP) is 3.43. The number of rotatable bonds is 2. The van der Waals surface area contributed by atoms with E-state index in [0.29, 0.717) is 22.2 Å². The molecule has 0 N–H and O–H groups in total.